The zero-order valence-electron chi connectivity index (χ0n) is 9.55. The topological polar surface area (TPSA) is 102 Å². The molecule has 96 valence electrons. The third kappa shape index (κ3) is 3.48. The van der Waals surface area contributed by atoms with Crippen molar-refractivity contribution >= 4 is 0 Å². The van der Waals surface area contributed by atoms with Crippen LogP contribution in [0.2, 0.25) is 0 Å². The van der Waals surface area contributed by atoms with Gasteiger partial charge in [-0.25, -0.2) is 0 Å². The second-order valence-electron chi connectivity index (χ2n) is 3.66. The molecule has 17 heavy (non-hydrogen) atoms. The van der Waals surface area contributed by atoms with E-state index in [1.165, 1.54) is 19.2 Å². The monoisotopic (exact) mass is 243 g/mol. The molecule has 1 unspecified atom stereocenters. The second-order valence-corrected chi connectivity index (χ2v) is 3.66. The SMILES string of the molecule is COCC(CO)NCc1ccc(O)c(O)c1O. The number of phenols is 3. The summed E-state index contributed by atoms with van der Waals surface area (Å²) in [6.45, 7) is 0.480. The van der Waals surface area contributed by atoms with Crippen molar-refractivity contribution in [3.05, 3.63) is 17.7 Å². The van der Waals surface area contributed by atoms with Crippen LogP contribution in [-0.4, -0.2) is 46.8 Å². The molecule has 6 heteroatoms. The summed E-state index contributed by atoms with van der Waals surface area (Å²) in [6, 6.07) is 2.52. The normalized spacial score (nSPS) is 12.6. The van der Waals surface area contributed by atoms with Gasteiger partial charge in [-0.3, -0.25) is 0 Å². The molecule has 0 fully saturated rings. The Labute approximate surface area is 99.1 Å². The maximum atomic E-state index is 9.55. The van der Waals surface area contributed by atoms with Gasteiger partial charge in [0.1, 0.15) is 0 Å². The number of methoxy groups -OCH3 is 1. The Morgan fingerprint density at radius 1 is 1.24 bits per heavy atom. The molecule has 1 aromatic rings. The molecule has 0 radical (unpaired) electrons. The van der Waals surface area contributed by atoms with Crippen molar-refractivity contribution in [1.29, 1.82) is 0 Å². The smallest absolute Gasteiger partial charge is 0.200 e. The lowest BCUT2D eigenvalue weighted by molar-refractivity contribution is 0.128. The summed E-state index contributed by atoms with van der Waals surface area (Å²) in [7, 11) is 1.52. The summed E-state index contributed by atoms with van der Waals surface area (Å²) in [5.41, 5.74) is 0.426. The molecule has 0 saturated carbocycles. The van der Waals surface area contributed by atoms with Crippen LogP contribution in [0.1, 0.15) is 5.56 Å². The number of nitrogens with one attached hydrogen (secondary N) is 1. The first kappa shape index (κ1) is 13.6. The summed E-state index contributed by atoms with van der Waals surface area (Å²) in [4.78, 5) is 0. The van der Waals surface area contributed by atoms with Gasteiger partial charge in [0, 0.05) is 19.2 Å². The van der Waals surface area contributed by atoms with Crippen LogP contribution in [0.15, 0.2) is 12.1 Å². The van der Waals surface area contributed by atoms with Crippen LogP contribution in [0.25, 0.3) is 0 Å². The molecule has 6 nitrogen and oxygen atoms in total. The van der Waals surface area contributed by atoms with Crippen molar-refractivity contribution in [1.82, 2.24) is 5.32 Å². The zero-order chi connectivity index (χ0) is 12.8. The molecule has 0 heterocycles. The van der Waals surface area contributed by atoms with E-state index in [0.717, 1.165) is 0 Å². The van der Waals surface area contributed by atoms with Gasteiger partial charge < -0.3 is 30.5 Å². The minimum Gasteiger partial charge on any atom is -0.504 e. The fraction of sp³-hybridized carbons (Fsp3) is 0.455. The van der Waals surface area contributed by atoms with E-state index in [4.69, 9.17) is 14.9 Å². The van der Waals surface area contributed by atoms with Crippen molar-refractivity contribution < 1.29 is 25.2 Å². The minimum absolute atomic E-state index is 0.0985. The van der Waals surface area contributed by atoms with Crippen LogP contribution in [0.5, 0.6) is 17.2 Å². The summed E-state index contributed by atoms with van der Waals surface area (Å²) in [5.74, 6) is -1.29. The van der Waals surface area contributed by atoms with Crippen molar-refractivity contribution in [3.8, 4) is 17.2 Å². The van der Waals surface area contributed by atoms with Gasteiger partial charge >= 0.3 is 0 Å². The maximum Gasteiger partial charge on any atom is 0.200 e. The fourth-order valence-corrected chi connectivity index (χ4v) is 1.39. The zero-order valence-corrected chi connectivity index (χ0v) is 9.55. The van der Waals surface area contributed by atoms with Gasteiger partial charge in [0.05, 0.1) is 19.3 Å². The van der Waals surface area contributed by atoms with Crippen LogP contribution in [-0.2, 0) is 11.3 Å². The Kier molecular flexibility index (Phi) is 5.02. The van der Waals surface area contributed by atoms with Gasteiger partial charge in [-0.05, 0) is 6.07 Å². The van der Waals surface area contributed by atoms with Crippen LogP contribution >= 0.6 is 0 Å². The van der Waals surface area contributed by atoms with Gasteiger partial charge in [-0.2, -0.15) is 0 Å². The molecular weight excluding hydrogens is 226 g/mol. The maximum absolute atomic E-state index is 9.55. The lowest BCUT2D eigenvalue weighted by Gasteiger charge is -2.16. The number of aliphatic hydroxyl groups excluding tert-OH is 1. The number of ether oxygens (including phenoxy) is 1. The third-order valence-corrected chi connectivity index (χ3v) is 2.38. The highest BCUT2D eigenvalue weighted by atomic mass is 16.5. The number of aliphatic hydroxyl groups is 1. The summed E-state index contributed by atoms with van der Waals surface area (Å²) in [6.07, 6.45) is 0. The van der Waals surface area contributed by atoms with E-state index < -0.39 is 5.75 Å². The summed E-state index contributed by atoms with van der Waals surface area (Å²) < 4.78 is 4.88. The summed E-state index contributed by atoms with van der Waals surface area (Å²) >= 11 is 0. The molecule has 5 N–H and O–H groups in total. The number of benzene rings is 1. The van der Waals surface area contributed by atoms with Gasteiger partial charge in [0.15, 0.2) is 11.5 Å². The van der Waals surface area contributed by atoms with Crippen molar-refractivity contribution in [3.63, 3.8) is 0 Å². The fourth-order valence-electron chi connectivity index (χ4n) is 1.39. The Bertz CT molecular complexity index is 369. The van der Waals surface area contributed by atoms with Gasteiger partial charge in [-0.15, -0.1) is 0 Å². The Morgan fingerprint density at radius 2 is 1.94 bits per heavy atom. The standard InChI is InChI=1S/C11H17NO5/c1-17-6-8(5-13)12-4-7-2-3-9(14)11(16)10(7)15/h2-3,8,12-16H,4-6H2,1H3. The van der Waals surface area contributed by atoms with E-state index in [2.05, 4.69) is 5.32 Å². The Morgan fingerprint density at radius 3 is 2.53 bits per heavy atom. The first-order valence-corrected chi connectivity index (χ1v) is 5.16. The molecule has 0 spiro atoms. The van der Waals surface area contributed by atoms with Gasteiger partial charge in [-0.1, -0.05) is 6.07 Å². The van der Waals surface area contributed by atoms with E-state index in [1.807, 2.05) is 0 Å². The molecule has 0 amide bonds. The number of hydrogen-bond donors (Lipinski definition) is 5. The predicted molar refractivity (Wildman–Crippen MR) is 61.0 cm³/mol. The summed E-state index contributed by atoms with van der Waals surface area (Å²) in [5, 5.41) is 40.0. The average Bonchev–Trinajstić information content (AvgIpc) is 2.33. The highest BCUT2D eigenvalue weighted by Crippen LogP contribution is 2.36. The lowest BCUT2D eigenvalue weighted by Crippen LogP contribution is -2.35. The Hall–Kier alpha value is -1.50. The van der Waals surface area contributed by atoms with Gasteiger partial charge in [0.25, 0.3) is 0 Å². The molecule has 0 aliphatic carbocycles. The number of aromatic hydroxyl groups is 3. The molecule has 0 aliphatic rings. The molecule has 0 bridgehead atoms. The van der Waals surface area contributed by atoms with Gasteiger partial charge in [0.2, 0.25) is 5.75 Å². The average molecular weight is 243 g/mol. The molecule has 0 aliphatic heterocycles. The van der Waals surface area contributed by atoms with Crippen LogP contribution in [0.4, 0.5) is 0 Å². The first-order valence-electron chi connectivity index (χ1n) is 5.16. The Balaban J connectivity index is 2.66. The number of rotatable bonds is 6. The van der Waals surface area contributed by atoms with Crippen LogP contribution < -0.4 is 5.32 Å². The van der Waals surface area contributed by atoms with Crippen molar-refractivity contribution in [2.24, 2.45) is 0 Å². The lowest BCUT2D eigenvalue weighted by atomic mass is 10.1. The van der Waals surface area contributed by atoms with E-state index >= 15 is 0 Å². The predicted octanol–water partition coefficient (Wildman–Crippen LogP) is -0.0997. The highest BCUT2D eigenvalue weighted by Gasteiger charge is 2.12. The van der Waals surface area contributed by atoms with E-state index in [-0.39, 0.29) is 30.7 Å². The molecule has 1 atom stereocenters. The van der Waals surface area contributed by atoms with Crippen molar-refractivity contribution in [2.45, 2.75) is 12.6 Å². The first-order chi connectivity index (χ1) is 8.10. The molecule has 1 aromatic carbocycles. The van der Waals surface area contributed by atoms with Crippen LogP contribution in [0.3, 0.4) is 0 Å². The quantitative estimate of drug-likeness (QED) is 0.447. The number of hydrogen-bond acceptors (Lipinski definition) is 6. The highest BCUT2D eigenvalue weighted by molar-refractivity contribution is 5.52. The minimum atomic E-state index is -0.545. The van der Waals surface area contributed by atoms with E-state index in [0.29, 0.717) is 12.2 Å². The van der Waals surface area contributed by atoms with E-state index in [9.17, 15) is 10.2 Å². The molecule has 0 saturated heterocycles. The number of phenolic OH excluding ortho intramolecular Hbond substituents is 3. The molecular formula is C11H17NO5. The van der Waals surface area contributed by atoms with E-state index in [1.54, 1.807) is 0 Å². The van der Waals surface area contributed by atoms with Crippen LogP contribution in [0, 0.1) is 0 Å². The second kappa shape index (κ2) is 6.29. The largest absolute Gasteiger partial charge is 0.504 e. The molecule has 0 aromatic heterocycles. The third-order valence-electron chi connectivity index (χ3n) is 2.38. The molecule has 1 rings (SSSR count). The van der Waals surface area contributed by atoms with Crippen molar-refractivity contribution in [2.75, 3.05) is 20.3 Å².